The highest BCUT2D eigenvalue weighted by atomic mass is 16.2. The topological polar surface area (TPSA) is 50.2 Å². The van der Waals surface area contributed by atoms with Crippen LogP contribution in [0.4, 0.5) is 0 Å². The summed E-state index contributed by atoms with van der Waals surface area (Å²) in [5.74, 6) is 0.00492. The highest BCUT2D eigenvalue weighted by molar-refractivity contribution is 5.94. The molecular formula is C20H26N4O. The fourth-order valence-electron chi connectivity index (χ4n) is 4.13. The van der Waals surface area contributed by atoms with Crippen LogP contribution in [0, 0.1) is 0 Å². The molecule has 1 amide bonds. The maximum atomic E-state index is 12.7. The van der Waals surface area contributed by atoms with Crippen molar-refractivity contribution in [2.75, 3.05) is 6.54 Å². The van der Waals surface area contributed by atoms with E-state index >= 15 is 0 Å². The van der Waals surface area contributed by atoms with E-state index in [1.807, 2.05) is 17.8 Å². The van der Waals surface area contributed by atoms with Crippen molar-refractivity contribution < 1.29 is 4.79 Å². The zero-order valence-corrected chi connectivity index (χ0v) is 14.9. The first-order valence-electron chi connectivity index (χ1n) is 9.32. The molecule has 0 spiro atoms. The Morgan fingerprint density at radius 3 is 2.76 bits per heavy atom. The zero-order chi connectivity index (χ0) is 17.2. The molecule has 0 bridgehead atoms. The monoisotopic (exact) mass is 338 g/mol. The maximum Gasteiger partial charge on any atom is 0.272 e. The number of benzene rings is 1. The van der Waals surface area contributed by atoms with E-state index in [2.05, 4.69) is 39.6 Å². The Balaban J connectivity index is 1.51. The van der Waals surface area contributed by atoms with Crippen LogP contribution in [0.2, 0.25) is 0 Å². The summed E-state index contributed by atoms with van der Waals surface area (Å²) in [6.45, 7) is 2.72. The highest BCUT2D eigenvalue weighted by Gasteiger charge is 2.28. The standard InChI is InChI=1S/C20H26N4O/c1-23-18-11-12-24(13-15-7-3-2-4-8-15)14-17(18)19(22-23)20(25)21-16-9-5-6-10-16/h2-4,7-8,16H,5-6,9-14H2,1H3,(H,21,25). The average Bonchev–Trinajstić information content (AvgIpc) is 3.24. The molecule has 5 heteroatoms. The number of aryl methyl sites for hydroxylation is 1. The number of amides is 1. The molecule has 5 nitrogen and oxygen atoms in total. The summed E-state index contributed by atoms with van der Waals surface area (Å²) >= 11 is 0. The number of carbonyl (C=O) groups is 1. The van der Waals surface area contributed by atoms with Gasteiger partial charge in [0, 0.05) is 50.4 Å². The first kappa shape index (κ1) is 16.3. The molecular weight excluding hydrogens is 312 g/mol. The van der Waals surface area contributed by atoms with E-state index in [4.69, 9.17) is 0 Å². The number of nitrogens with one attached hydrogen (secondary N) is 1. The average molecular weight is 338 g/mol. The fourth-order valence-corrected chi connectivity index (χ4v) is 4.13. The lowest BCUT2D eigenvalue weighted by Gasteiger charge is -2.27. The smallest absolute Gasteiger partial charge is 0.272 e. The lowest BCUT2D eigenvalue weighted by Crippen LogP contribution is -2.35. The molecule has 1 fully saturated rings. The Labute approximate surface area is 149 Å². The van der Waals surface area contributed by atoms with Crippen molar-refractivity contribution in [3.05, 3.63) is 52.8 Å². The lowest BCUT2D eigenvalue weighted by atomic mass is 10.0. The highest BCUT2D eigenvalue weighted by Crippen LogP contribution is 2.24. The Hall–Kier alpha value is -2.14. The number of carbonyl (C=O) groups excluding carboxylic acids is 1. The minimum atomic E-state index is 0.00492. The van der Waals surface area contributed by atoms with Gasteiger partial charge in [-0.05, 0) is 18.4 Å². The summed E-state index contributed by atoms with van der Waals surface area (Å²) in [6.07, 6.45) is 5.58. The normalized spacial score (nSPS) is 18.3. The first-order valence-corrected chi connectivity index (χ1v) is 9.32. The Morgan fingerprint density at radius 2 is 2.00 bits per heavy atom. The van der Waals surface area contributed by atoms with Gasteiger partial charge in [-0.2, -0.15) is 5.10 Å². The quantitative estimate of drug-likeness (QED) is 0.932. The minimum absolute atomic E-state index is 0.00492. The van der Waals surface area contributed by atoms with Crippen molar-refractivity contribution >= 4 is 5.91 Å². The largest absolute Gasteiger partial charge is 0.348 e. The molecule has 1 aromatic heterocycles. The van der Waals surface area contributed by atoms with Gasteiger partial charge < -0.3 is 5.32 Å². The molecule has 132 valence electrons. The molecule has 2 heterocycles. The predicted octanol–water partition coefficient (Wildman–Crippen LogP) is 2.65. The summed E-state index contributed by atoms with van der Waals surface area (Å²) in [5.41, 5.74) is 4.26. The number of fused-ring (bicyclic) bond motifs is 1. The van der Waals surface area contributed by atoms with Gasteiger partial charge in [0.25, 0.3) is 5.91 Å². The van der Waals surface area contributed by atoms with Crippen molar-refractivity contribution in [1.82, 2.24) is 20.0 Å². The van der Waals surface area contributed by atoms with Crippen LogP contribution in [0.5, 0.6) is 0 Å². The van der Waals surface area contributed by atoms with Crippen LogP contribution in [-0.4, -0.2) is 33.2 Å². The molecule has 1 aliphatic heterocycles. The number of aromatic nitrogens is 2. The second-order valence-corrected chi connectivity index (χ2v) is 7.30. The van der Waals surface area contributed by atoms with Gasteiger partial charge >= 0.3 is 0 Å². The number of hydrogen-bond acceptors (Lipinski definition) is 3. The van der Waals surface area contributed by atoms with Gasteiger partial charge in [0.2, 0.25) is 0 Å². The van der Waals surface area contributed by atoms with Crippen LogP contribution in [0.1, 0.15) is 53.0 Å². The maximum absolute atomic E-state index is 12.7. The van der Waals surface area contributed by atoms with Gasteiger partial charge in [0.05, 0.1) is 0 Å². The molecule has 1 saturated carbocycles. The SMILES string of the molecule is Cn1nc(C(=O)NC2CCCC2)c2c1CCN(Cc1ccccc1)C2. The van der Waals surface area contributed by atoms with Crippen LogP contribution >= 0.6 is 0 Å². The Morgan fingerprint density at radius 1 is 1.24 bits per heavy atom. The van der Waals surface area contributed by atoms with Crippen LogP contribution in [0.25, 0.3) is 0 Å². The molecule has 2 aliphatic rings. The van der Waals surface area contributed by atoms with E-state index in [1.54, 1.807) is 0 Å². The lowest BCUT2D eigenvalue weighted by molar-refractivity contribution is 0.0929. The summed E-state index contributed by atoms with van der Waals surface area (Å²) in [7, 11) is 1.96. The predicted molar refractivity (Wildman–Crippen MR) is 97.2 cm³/mol. The molecule has 25 heavy (non-hydrogen) atoms. The van der Waals surface area contributed by atoms with Crippen molar-refractivity contribution in [2.45, 2.75) is 51.2 Å². The number of rotatable bonds is 4. The molecule has 0 saturated heterocycles. The molecule has 0 radical (unpaired) electrons. The van der Waals surface area contributed by atoms with Crippen LogP contribution in [-0.2, 0) is 26.6 Å². The Kier molecular flexibility index (Phi) is 4.57. The third kappa shape index (κ3) is 3.47. The van der Waals surface area contributed by atoms with Crippen molar-refractivity contribution in [2.24, 2.45) is 7.05 Å². The van der Waals surface area contributed by atoms with Gasteiger partial charge in [0.1, 0.15) is 0 Å². The first-order chi connectivity index (χ1) is 12.2. The van der Waals surface area contributed by atoms with Gasteiger partial charge in [-0.3, -0.25) is 14.4 Å². The van der Waals surface area contributed by atoms with E-state index < -0.39 is 0 Å². The molecule has 1 aliphatic carbocycles. The molecule has 0 unspecified atom stereocenters. The van der Waals surface area contributed by atoms with E-state index in [0.717, 1.165) is 44.5 Å². The summed E-state index contributed by atoms with van der Waals surface area (Å²) in [4.78, 5) is 15.2. The second-order valence-electron chi connectivity index (χ2n) is 7.30. The van der Waals surface area contributed by atoms with E-state index in [0.29, 0.717) is 11.7 Å². The van der Waals surface area contributed by atoms with Crippen LogP contribution in [0.3, 0.4) is 0 Å². The van der Waals surface area contributed by atoms with E-state index in [9.17, 15) is 4.79 Å². The van der Waals surface area contributed by atoms with E-state index in [1.165, 1.54) is 24.1 Å². The van der Waals surface area contributed by atoms with Crippen molar-refractivity contribution in [3.63, 3.8) is 0 Å². The van der Waals surface area contributed by atoms with Gasteiger partial charge in [-0.15, -0.1) is 0 Å². The zero-order valence-electron chi connectivity index (χ0n) is 14.9. The van der Waals surface area contributed by atoms with Crippen molar-refractivity contribution in [1.29, 1.82) is 0 Å². The second kappa shape index (κ2) is 7.00. The molecule has 1 N–H and O–H groups in total. The third-order valence-electron chi connectivity index (χ3n) is 5.48. The van der Waals surface area contributed by atoms with Crippen LogP contribution in [0.15, 0.2) is 30.3 Å². The van der Waals surface area contributed by atoms with Gasteiger partial charge in [0.15, 0.2) is 5.69 Å². The van der Waals surface area contributed by atoms with Crippen LogP contribution < -0.4 is 5.32 Å². The molecule has 0 atom stereocenters. The number of hydrogen-bond donors (Lipinski definition) is 1. The van der Waals surface area contributed by atoms with Gasteiger partial charge in [-0.1, -0.05) is 43.2 Å². The summed E-state index contributed by atoms with van der Waals surface area (Å²) in [6, 6.07) is 10.8. The van der Waals surface area contributed by atoms with Crippen molar-refractivity contribution in [3.8, 4) is 0 Å². The molecule has 4 rings (SSSR count). The van der Waals surface area contributed by atoms with E-state index in [-0.39, 0.29) is 5.91 Å². The molecule has 2 aromatic rings. The fraction of sp³-hybridized carbons (Fsp3) is 0.500. The minimum Gasteiger partial charge on any atom is -0.348 e. The molecule has 1 aromatic carbocycles. The summed E-state index contributed by atoms with van der Waals surface area (Å²) in [5, 5.41) is 7.74. The van der Waals surface area contributed by atoms with Gasteiger partial charge in [-0.25, -0.2) is 0 Å². The summed E-state index contributed by atoms with van der Waals surface area (Å²) < 4.78 is 1.90. The third-order valence-corrected chi connectivity index (χ3v) is 5.48. The Bertz CT molecular complexity index is 747. The number of nitrogens with zero attached hydrogens (tertiary/aromatic N) is 3.